The molecule has 1 atom stereocenters. The number of benzene rings is 1. The van der Waals surface area contributed by atoms with Crippen molar-refractivity contribution in [3.05, 3.63) is 28.5 Å². The fourth-order valence-electron chi connectivity index (χ4n) is 1.92. The fraction of sp³-hybridized carbons (Fsp3) is 0.562. The third-order valence-electron chi connectivity index (χ3n) is 3.20. The minimum Gasteiger partial charge on any atom is -0.488 e. The molecule has 0 amide bonds. The molecule has 0 spiro atoms. The summed E-state index contributed by atoms with van der Waals surface area (Å²) in [4.78, 5) is 0. The van der Waals surface area contributed by atoms with Gasteiger partial charge in [-0.05, 0) is 53.8 Å². The van der Waals surface area contributed by atoms with Gasteiger partial charge in [0.05, 0.1) is 4.47 Å². The van der Waals surface area contributed by atoms with E-state index in [1.54, 1.807) is 6.07 Å². The summed E-state index contributed by atoms with van der Waals surface area (Å²) in [6, 6.07) is 6.51. The normalized spacial score (nSPS) is 15.0. The van der Waals surface area contributed by atoms with E-state index >= 15 is 0 Å². The zero-order valence-corrected chi connectivity index (χ0v) is 16.5. The number of hydrogen-bond donors (Lipinski definition) is 0. The molecule has 0 aromatic heterocycles. The molecule has 122 valence electrons. The smallest absolute Gasteiger partial charge is 0.186 e. The molecule has 0 radical (unpaired) electrons. The van der Waals surface area contributed by atoms with Crippen LogP contribution < -0.4 is 4.74 Å². The van der Waals surface area contributed by atoms with Crippen molar-refractivity contribution < 1.29 is 13.6 Å². The Morgan fingerprint density at radius 3 is 2.27 bits per heavy atom. The van der Waals surface area contributed by atoms with Gasteiger partial charge in [0.2, 0.25) is 0 Å². The second kappa shape index (κ2) is 6.69. The Morgan fingerprint density at radius 2 is 1.86 bits per heavy atom. The second-order valence-electron chi connectivity index (χ2n) is 7.27. The summed E-state index contributed by atoms with van der Waals surface area (Å²) in [5, 5.41) is 9.76. The van der Waals surface area contributed by atoms with Crippen LogP contribution in [0.2, 0.25) is 19.6 Å². The second-order valence-corrected chi connectivity index (χ2v) is 12.5. The summed E-state index contributed by atoms with van der Waals surface area (Å²) >= 11 is 3.27. The van der Waals surface area contributed by atoms with Gasteiger partial charge in [0.15, 0.2) is 13.9 Å². The average Bonchev–Trinajstić information content (AvgIpc) is 2.33. The van der Waals surface area contributed by atoms with E-state index in [1.165, 1.54) is 12.1 Å². The van der Waals surface area contributed by atoms with Crippen LogP contribution in [0.25, 0.3) is 0 Å². The van der Waals surface area contributed by atoms with Gasteiger partial charge >= 0.3 is 0 Å². The average molecular weight is 388 g/mol. The van der Waals surface area contributed by atoms with Crippen LogP contribution in [0.15, 0.2) is 22.7 Å². The van der Waals surface area contributed by atoms with Crippen LogP contribution in [0, 0.1) is 22.6 Å². The third kappa shape index (κ3) is 4.80. The summed E-state index contributed by atoms with van der Waals surface area (Å²) in [5.74, 6) is 0.143. The first-order valence-electron chi connectivity index (χ1n) is 7.09. The van der Waals surface area contributed by atoms with E-state index in [2.05, 4.69) is 22.0 Å². The van der Waals surface area contributed by atoms with E-state index in [0.717, 1.165) is 0 Å². The first-order chi connectivity index (χ1) is 9.90. The zero-order chi connectivity index (χ0) is 17.2. The zero-order valence-electron chi connectivity index (χ0n) is 14.0. The van der Waals surface area contributed by atoms with Gasteiger partial charge in [0.1, 0.15) is 24.2 Å². The van der Waals surface area contributed by atoms with Crippen LogP contribution in [0.3, 0.4) is 0 Å². The molecule has 3 nitrogen and oxygen atoms in total. The standard InChI is InChI=1S/C16H23BrFNO2Si/c1-15(2,3)16(10-19,21-22(4,5)6)11-20-14-8-7-12(18)9-13(14)17/h7-9H,11H2,1-6H3. The lowest BCUT2D eigenvalue weighted by Gasteiger charge is -2.42. The Morgan fingerprint density at radius 1 is 1.27 bits per heavy atom. The van der Waals surface area contributed by atoms with E-state index in [0.29, 0.717) is 10.2 Å². The topological polar surface area (TPSA) is 42.2 Å². The predicted molar refractivity (Wildman–Crippen MR) is 91.8 cm³/mol. The molecule has 0 fully saturated rings. The van der Waals surface area contributed by atoms with Crippen molar-refractivity contribution in [3.63, 3.8) is 0 Å². The Balaban J connectivity index is 3.07. The molecule has 0 aliphatic heterocycles. The Bertz CT molecular complexity index is 575. The van der Waals surface area contributed by atoms with Gasteiger partial charge in [-0.3, -0.25) is 0 Å². The third-order valence-corrected chi connectivity index (χ3v) is 4.78. The van der Waals surface area contributed by atoms with Gasteiger partial charge in [0, 0.05) is 5.41 Å². The minimum atomic E-state index is -1.96. The van der Waals surface area contributed by atoms with Gasteiger partial charge in [-0.2, -0.15) is 5.26 Å². The molecule has 0 N–H and O–H groups in total. The molecular formula is C16H23BrFNO2Si. The highest BCUT2D eigenvalue weighted by molar-refractivity contribution is 9.10. The van der Waals surface area contributed by atoms with Crippen LogP contribution in [0.1, 0.15) is 20.8 Å². The van der Waals surface area contributed by atoms with E-state index in [-0.39, 0.29) is 12.4 Å². The lowest BCUT2D eigenvalue weighted by atomic mass is 9.78. The number of rotatable bonds is 5. The lowest BCUT2D eigenvalue weighted by Crippen LogP contribution is -2.54. The molecule has 0 bridgehead atoms. The van der Waals surface area contributed by atoms with Crippen molar-refractivity contribution in [2.75, 3.05) is 6.61 Å². The molecule has 0 heterocycles. The molecule has 6 heteroatoms. The molecule has 1 aromatic rings. The summed E-state index contributed by atoms with van der Waals surface area (Å²) < 4.78 is 25.6. The molecule has 22 heavy (non-hydrogen) atoms. The first kappa shape index (κ1) is 19.1. The van der Waals surface area contributed by atoms with Crippen molar-refractivity contribution >= 4 is 24.2 Å². The molecule has 0 aliphatic carbocycles. The SMILES string of the molecule is CC(C)(C)C(C#N)(COc1ccc(F)cc1Br)O[Si](C)(C)C. The highest BCUT2D eigenvalue weighted by atomic mass is 79.9. The maximum atomic E-state index is 13.1. The Hall–Kier alpha value is -0.903. The molecule has 1 unspecified atom stereocenters. The number of ether oxygens (including phenoxy) is 1. The Kier molecular flexibility index (Phi) is 5.82. The van der Waals surface area contributed by atoms with Gasteiger partial charge < -0.3 is 9.16 Å². The van der Waals surface area contributed by atoms with Crippen LogP contribution in [-0.2, 0) is 4.43 Å². The summed E-state index contributed by atoms with van der Waals surface area (Å²) in [7, 11) is -1.96. The van der Waals surface area contributed by atoms with Crippen molar-refractivity contribution in [3.8, 4) is 11.8 Å². The highest BCUT2D eigenvalue weighted by Crippen LogP contribution is 2.37. The number of nitrogens with zero attached hydrogens (tertiary/aromatic N) is 1. The number of halogens is 2. The van der Waals surface area contributed by atoms with Crippen molar-refractivity contribution in [1.82, 2.24) is 0 Å². The molecule has 1 rings (SSSR count). The van der Waals surface area contributed by atoms with Crippen LogP contribution in [0.4, 0.5) is 4.39 Å². The van der Waals surface area contributed by atoms with E-state index < -0.39 is 19.3 Å². The van der Waals surface area contributed by atoms with E-state index in [4.69, 9.17) is 9.16 Å². The largest absolute Gasteiger partial charge is 0.488 e. The van der Waals surface area contributed by atoms with Gasteiger partial charge in [0.25, 0.3) is 0 Å². The van der Waals surface area contributed by atoms with Crippen LogP contribution in [-0.4, -0.2) is 20.5 Å². The van der Waals surface area contributed by atoms with E-state index in [9.17, 15) is 9.65 Å². The minimum absolute atomic E-state index is 0.0848. The summed E-state index contributed by atoms with van der Waals surface area (Å²) in [5.41, 5.74) is -1.49. The van der Waals surface area contributed by atoms with Crippen LogP contribution >= 0.6 is 15.9 Å². The van der Waals surface area contributed by atoms with E-state index in [1.807, 2.05) is 40.4 Å². The van der Waals surface area contributed by atoms with Crippen LogP contribution in [0.5, 0.6) is 5.75 Å². The van der Waals surface area contributed by atoms with Crippen molar-refractivity contribution in [1.29, 1.82) is 5.26 Å². The van der Waals surface area contributed by atoms with Gasteiger partial charge in [-0.15, -0.1) is 0 Å². The molecular weight excluding hydrogens is 365 g/mol. The number of hydrogen-bond acceptors (Lipinski definition) is 3. The summed E-state index contributed by atoms with van der Waals surface area (Å²) in [6.07, 6.45) is 0. The first-order valence-corrected chi connectivity index (χ1v) is 11.3. The maximum absolute atomic E-state index is 13.1. The van der Waals surface area contributed by atoms with Crippen molar-refractivity contribution in [2.45, 2.75) is 46.0 Å². The summed E-state index contributed by atoms with van der Waals surface area (Å²) in [6.45, 7) is 12.1. The quantitative estimate of drug-likeness (QED) is 0.657. The molecule has 0 aliphatic rings. The van der Waals surface area contributed by atoms with Crippen molar-refractivity contribution in [2.24, 2.45) is 5.41 Å². The monoisotopic (exact) mass is 387 g/mol. The lowest BCUT2D eigenvalue weighted by molar-refractivity contribution is -0.0259. The molecule has 0 saturated heterocycles. The predicted octanol–water partition coefficient (Wildman–Crippen LogP) is 5.13. The molecule has 0 saturated carbocycles. The maximum Gasteiger partial charge on any atom is 0.186 e. The van der Waals surface area contributed by atoms with Gasteiger partial charge in [-0.1, -0.05) is 20.8 Å². The highest BCUT2D eigenvalue weighted by Gasteiger charge is 2.47. The fourth-order valence-corrected chi connectivity index (χ4v) is 3.84. The Labute approximate surface area is 141 Å². The number of nitriles is 1. The van der Waals surface area contributed by atoms with Gasteiger partial charge in [-0.25, -0.2) is 4.39 Å². The molecule has 1 aromatic carbocycles.